The van der Waals surface area contributed by atoms with Crippen molar-refractivity contribution in [3.05, 3.63) is 58.4 Å². The lowest BCUT2D eigenvalue weighted by molar-refractivity contribution is -0.0209. The van der Waals surface area contributed by atoms with Gasteiger partial charge in [0.05, 0.1) is 24.3 Å². The maximum Gasteiger partial charge on any atom is 0.153 e. The zero-order valence-electron chi connectivity index (χ0n) is 15.8. The van der Waals surface area contributed by atoms with E-state index in [1.807, 2.05) is 44.3 Å². The van der Waals surface area contributed by atoms with E-state index >= 15 is 0 Å². The Balaban J connectivity index is 1.66. The van der Waals surface area contributed by atoms with E-state index in [0.717, 1.165) is 28.7 Å². The van der Waals surface area contributed by atoms with Gasteiger partial charge in [-0.2, -0.15) is 0 Å². The fourth-order valence-corrected chi connectivity index (χ4v) is 3.12. The van der Waals surface area contributed by atoms with Gasteiger partial charge in [0.15, 0.2) is 6.29 Å². The maximum atomic E-state index is 11.5. The summed E-state index contributed by atoms with van der Waals surface area (Å²) < 4.78 is 11.1. The van der Waals surface area contributed by atoms with Crippen molar-refractivity contribution in [1.82, 2.24) is 10.3 Å². The van der Waals surface area contributed by atoms with Gasteiger partial charge in [-0.25, -0.2) is 0 Å². The molecule has 1 saturated heterocycles. The number of nitrogens with one attached hydrogen (secondary N) is 1. The number of aryl methyl sites for hydroxylation is 2. The Morgan fingerprint density at radius 3 is 2.93 bits per heavy atom. The van der Waals surface area contributed by atoms with Crippen LogP contribution in [-0.4, -0.2) is 48.5 Å². The SMILES string of the molecule is Cc1ccc(Cc2cc(C=O)c(OCNC3COCC[C@@H]3O)cc2C)cn1. The average molecular weight is 370 g/mol. The lowest BCUT2D eigenvalue weighted by atomic mass is 9.98. The summed E-state index contributed by atoms with van der Waals surface area (Å²) in [7, 11) is 0. The predicted octanol–water partition coefficient (Wildman–Crippen LogP) is 2.18. The quantitative estimate of drug-likeness (QED) is 0.574. The molecule has 0 aliphatic carbocycles. The number of aliphatic hydroxyl groups is 1. The minimum atomic E-state index is -0.444. The van der Waals surface area contributed by atoms with Gasteiger partial charge in [-0.05, 0) is 61.6 Å². The van der Waals surface area contributed by atoms with E-state index in [-0.39, 0.29) is 12.8 Å². The normalized spacial score (nSPS) is 19.7. The molecular formula is C21H26N2O4. The largest absolute Gasteiger partial charge is 0.478 e. The molecule has 1 aliphatic heterocycles. The van der Waals surface area contributed by atoms with E-state index < -0.39 is 6.10 Å². The number of hydrogen-bond acceptors (Lipinski definition) is 6. The van der Waals surface area contributed by atoms with Crippen LogP contribution >= 0.6 is 0 Å². The highest BCUT2D eigenvalue weighted by Gasteiger charge is 2.23. The molecule has 144 valence electrons. The Labute approximate surface area is 159 Å². The van der Waals surface area contributed by atoms with Crippen LogP contribution in [0.3, 0.4) is 0 Å². The highest BCUT2D eigenvalue weighted by molar-refractivity contribution is 5.80. The molecule has 1 fully saturated rings. The number of hydrogen-bond donors (Lipinski definition) is 2. The van der Waals surface area contributed by atoms with Crippen molar-refractivity contribution < 1.29 is 19.4 Å². The zero-order chi connectivity index (χ0) is 19.2. The van der Waals surface area contributed by atoms with E-state index in [1.54, 1.807) is 0 Å². The number of aromatic nitrogens is 1. The molecule has 1 aromatic heterocycles. The molecule has 6 nitrogen and oxygen atoms in total. The molecule has 0 bridgehead atoms. The topological polar surface area (TPSA) is 80.7 Å². The summed E-state index contributed by atoms with van der Waals surface area (Å²) in [6, 6.07) is 7.63. The molecule has 1 aliphatic rings. The van der Waals surface area contributed by atoms with Gasteiger partial charge in [0.2, 0.25) is 0 Å². The van der Waals surface area contributed by atoms with Gasteiger partial charge in [0.1, 0.15) is 12.5 Å². The molecule has 2 aromatic rings. The van der Waals surface area contributed by atoms with Gasteiger partial charge in [-0.15, -0.1) is 0 Å². The summed E-state index contributed by atoms with van der Waals surface area (Å²) in [5, 5.41) is 13.1. The molecule has 0 amide bonds. The Kier molecular flexibility index (Phi) is 6.55. The fourth-order valence-electron chi connectivity index (χ4n) is 3.12. The third-order valence-electron chi connectivity index (χ3n) is 4.86. The second-order valence-corrected chi connectivity index (χ2v) is 6.95. The molecule has 2 atom stereocenters. The van der Waals surface area contributed by atoms with Crippen LogP contribution in [0.4, 0.5) is 0 Å². The number of aldehydes is 1. The molecule has 0 radical (unpaired) electrons. The van der Waals surface area contributed by atoms with Crippen LogP contribution in [0, 0.1) is 13.8 Å². The van der Waals surface area contributed by atoms with Crippen molar-refractivity contribution in [2.45, 2.75) is 38.8 Å². The number of nitrogens with zero attached hydrogens (tertiary/aromatic N) is 1. The molecule has 1 aromatic carbocycles. The van der Waals surface area contributed by atoms with Gasteiger partial charge < -0.3 is 14.6 Å². The summed E-state index contributed by atoms with van der Waals surface area (Å²) in [5.74, 6) is 0.534. The molecule has 0 saturated carbocycles. The Hall–Kier alpha value is -2.28. The average Bonchev–Trinajstić information content (AvgIpc) is 2.67. The molecule has 27 heavy (non-hydrogen) atoms. The van der Waals surface area contributed by atoms with E-state index in [2.05, 4.69) is 10.3 Å². The zero-order valence-corrected chi connectivity index (χ0v) is 15.8. The van der Waals surface area contributed by atoms with Crippen molar-refractivity contribution in [3.63, 3.8) is 0 Å². The number of pyridine rings is 1. The fraction of sp³-hybridized carbons (Fsp3) is 0.429. The monoisotopic (exact) mass is 370 g/mol. The van der Waals surface area contributed by atoms with Crippen molar-refractivity contribution in [2.75, 3.05) is 19.9 Å². The Bertz CT molecular complexity index is 776. The number of carbonyl (C=O) groups is 1. The molecule has 2 heterocycles. The van der Waals surface area contributed by atoms with E-state index in [0.29, 0.717) is 37.4 Å². The van der Waals surface area contributed by atoms with Crippen LogP contribution in [0.5, 0.6) is 5.75 Å². The summed E-state index contributed by atoms with van der Waals surface area (Å²) >= 11 is 0. The number of aliphatic hydroxyl groups excluding tert-OH is 1. The Morgan fingerprint density at radius 1 is 1.37 bits per heavy atom. The minimum absolute atomic E-state index is 0.159. The van der Waals surface area contributed by atoms with Gasteiger partial charge in [-0.3, -0.25) is 15.1 Å². The summed E-state index contributed by atoms with van der Waals surface area (Å²) in [5.41, 5.74) is 4.71. The lowest BCUT2D eigenvalue weighted by Crippen LogP contribution is -2.48. The summed E-state index contributed by atoms with van der Waals surface area (Å²) in [4.78, 5) is 15.9. The van der Waals surface area contributed by atoms with Gasteiger partial charge in [-0.1, -0.05) is 6.07 Å². The van der Waals surface area contributed by atoms with Crippen molar-refractivity contribution in [2.24, 2.45) is 0 Å². The summed E-state index contributed by atoms with van der Waals surface area (Å²) in [6.45, 7) is 5.19. The van der Waals surface area contributed by atoms with Crippen molar-refractivity contribution in [3.8, 4) is 5.75 Å². The van der Waals surface area contributed by atoms with Crippen molar-refractivity contribution >= 4 is 6.29 Å². The standard InChI is InChI=1S/C21H26N2O4/c1-14-7-21(27-13-23-19-12-26-6-5-20(19)25)18(11-24)9-17(14)8-16-4-3-15(2)22-10-16/h3-4,7,9-11,19-20,23,25H,5-6,8,12-13H2,1-2H3/t19?,20-/m0/s1. The summed E-state index contributed by atoms with van der Waals surface area (Å²) in [6.07, 6.45) is 3.55. The number of ether oxygens (including phenoxy) is 2. The van der Waals surface area contributed by atoms with Gasteiger partial charge >= 0.3 is 0 Å². The highest BCUT2D eigenvalue weighted by atomic mass is 16.5. The van der Waals surface area contributed by atoms with E-state index in [1.165, 1.54) is 0 Å². The first kappa shape index (κ1) is 19.5. The van der Waals surface area contributed by atoms with Crippen LogP contribution < -0.4 is 10.1 Å². The van der Waals surface area contributed by atoms with Crippen LogP contribution in [0.15, 0.2) is 30.5 Å². The van der Waals surface area contributed by atoms with Crippen LogP contribution in [0.2, 0.25) is 0 Å². The highest BCUT2D eigenvalue weighted by Crippen LogP contribution is 2.24. The molecule has 6 heteroatoms. The molecular weight excluding hydrogens is 344 g/mol. The van der Waals surface area contributed by atoms with Gasteiger partial charge in [0.25, 0.3) is 0 Å². The van der Waals surface area contributed by atoms with Crippen LogP contribution in [0.25, 0.3) is 0 Å². The van der Waals surface area contributed by atoms with E-state index in [4.69, 9.17) is 9.47 Å². The number of rotatable bonds is 7. The Morgan fingerprint density at radius 2 is 2.22 bits per heavy atom. The third-order valence-corrected chi connectivity index (χ3v) is 4.86. The molecule has 3 rings (SSSR count). The van der Waals surface area contributed by atoms with Crippen LogP contribution in [0.1, 0.15) is 39.2 Å². The van der Waals surface area contributed by atoms with Crippen LogP contribution in [-0.2, 0) is 11.2 Å². The number of carbonyl (C=O) groups excluding carboxylic acids is 1. The van der Waals surface area contributed by atoms with E-state index in [9.17, 15) is 9.90 Å². The third kappa shape index (κ3) is 5.13. The first-order chi connectivity index (χ1) is 13.1. The van der Waals surface area contributed by atoms with Crippen molar-refractivity contribution in [1.29, 1.82) is 0 Å². The second-order valence-electron chi connectivity index (χ2n) is 6.95. The lowest BCUT2D eigenvalue weighted by Gasteiger charge is -2.28. The maximum absolute atomic E-state index is 11.5. The second kappa shape index (κ2) is 9.08. The smallest absolute Gasteiger partial charge is 0.153 e. The molecule has 2 N–H and O–H groups in total. The molecule has 1 unspecified atom stereocenters. The predicted molar refractivity (Wildman–Crippen MR) is 102 cm³/mol. The van der Waals surface area contributed by atoms with Gasteiger partial charge in [0, 0.05) is 18.5 Å². The minimum Gasteiger partial charge on any atom is -0.478 e. The first-order valence-corrected chi connectivity index (χ1v) is 9.19. The number of benzene rings is 1. The molecule has 0 spiro atoms. The first-order valence-electron chi connectivity index (χ1n) is 9.19.